The van der Waals surface area contributed by atoms with Gasteiger partial charge in [-0.05, 0) is 36.4 Å². The molecule has 1 atom stereocenters. The summed E-state index contributed by atoms with van der Waals surface area (Å²) in [5, 5.41) is 4.69. The highest BCUT2D eigenvalue weighted by molar-refractivity contribution is 7.16. The largest absolute Gasteiger partial charge is 0.573 e. The van der Waals surface area contributed by atoms with E-state index in [1.807, 2.05) is 0 Å². The van der Waals surface area contributed by atoms with Gasteiger partial charge in [-0.1, -0.05) is 11.6 Å². The maximum Gasteiger partial charge on any atom is 0.573 e. The van der Waals surface area contributed by atoms with Crippen LogP contribution in [-0.4, -0.2) is 31.8 Å². The molecule has 2 aromatic rings. The van der Waals surface area contributed by atoms with Gasteiger partial charge >= 0.3 is 18.2 Å². The number of anilines is 1. The number of thiophene rings is 1. The summed E-state index contributed by atoms with van der Waals surface area (Å²) in [6.45, 7) is 0.0396. The normalized spacial score (nSPS) is 12.3. The second-order valence-corrected chi connectivity index (χ2v) is 6.85. The minimum Gasteiger partial charge on any atom is -0.406 e. The van der Waals surface area contributed by atoms with E-state index in [0.717, 1.165) is 17.0 Å². The first-order valence-electron chi connectivity index (χ1n) is 7.41. The van der Waals surface area contributed by atoms with Crippen molar-refractivity contribution in [2.45, 2.75) is 12.5 Å². The minimum atomic E-state index is -4.81. The topological polar surface area (TPSA) is 76.7 Å². The lowest BCUT2D eigenvalue weighted by Crippen LogP contribution is -2.37. The van der Waals surface area contributed by atoms with Crippen LogP contribution in [0.25, 0.3) is 0 Å². The van der Waals surface area contributed by atoms with Crippen LogP contribution in [0, 0.1) is 0 Å². The Labute approximate surface area is 161 Å². The van der Waals surface area contributed by atoms with Gasteiger partial charge < -0.3 is 20.1 Å². The summed E-state index contributed by atoms with van der Waals surface area (Å²) in [6, 6.07) is 7.83. The number of ether oxygens (including phenoxy) is 2. The van der Waals surface area contributed by atoms with E-state index in [4.69, 9.17) is 16.3 Å². The van der Waals surface area contributed by atoms with Crippen LogP contribution in [0.4, 0.5) is 18.9 Å². The Morgan fingerprint density at radius 2 is 1.81 bits per heavy atom. The van der Waals surface area contributed by atoms with Gasteiger partial charge in [0.15, 0.2) is 0 Å². The van der Waals surface area contributed by atoms with Crippen LogP contribution in [0.5, 0.6) is 5.75 Å². The van der Waals surface area contributed by atoms with E-state index in [2.05, 4.69) is 15.4 Å². The molecule has 6 nitrogen and oxygen atoms in total. The van der Waals surface area contributed by atoms with Crippen LogP contribution in [0.1, 0.15) is 11.0 Å². The van der Waals surface area contributed by atoms with Crippen LogP contribution in [0.2, 0.25) is 4.34 Å². The molecule has 2 N–H and O–H groups in total. The third-order valence-electron chi connectivity index (χ3n) is 3.20. The Bertz CT molecular complexity index is 796. The second kappa shape index (κ2) is 9.07. The minimum absolute atomic E-state index is 0.0396. The second-order valence-electron chi connectivity index (χ2n) is 5.10. The average Bonchev–Trinajstić information content (AvgIpc) is 3.02. The van der Waals surface area contributed by atoms with E-state index in [1.54, 1.807) is 12.1 Å². The smallest absolute Gasteiger partial charge is 0.406 e. The van der Waals surface area contributed by atoms with E-state index in [-0.39, 0.29) is 12.2 Å². The summed E-state index contributed by atoms with van der Waals surface area (Å²) in [6.07, 6.45) is -5.28. The van der Waals surface area contributed by atoms with Crippen molar-refractivity contribution >= 4 is 40.4 Å². The van der Waals surface area contributed by atoms with Crippen molar-refractivity contribution < 1.29 is 32.2 Å². The van der Waals surface area contributed by atoms with Crippen molar-refractivity contribution in [1.29, 1.82) is 0 Å². The van der Waals surface area contributed by atoms with Gasteiger partial charge in [-0.25, -0.2) is 0 Å². The van der Waals surface area contributed by atoms with E-state index in [1.165, 1.54) is 30.6 Å². The summed E-state index contributed by atoms with van der Waals surface area (Å²) in [5.41, 5.74) is 0.137. The highest BCUT2D eigenvalue weighted by Gasteiger charge is 2.31. The van der Waals surface area contributed by atoms with Crippen LogP contribution in [-0.2, 0) is 14.3 Å². The molecule has 0 radical (unpaired) electrons. The highest BCUT2D eigenvalue weighted by Crippen LogP contribution is 2.28. The Morgan fingerprint density at radius 1 is 1.15 bits per heavy atom. The number of rotatable bonds is 6. The molecule has 1 aromatic carbocycles. The predicted octanol–water partition coefficient (Wildman–Crippen LogP) is 3.74. The van der Waals surface area contributed by atoms with E-state index >= 15 is 0 Å². The maximum absolute atomic E-state index is 12.1. The Morgan fingerprint density at radius 3 is 2.33 bits per heavy atom. The number of methoxy groups -OCH3 is 1. The Balaban J connectivity index is 1.87. The molecule has 146 valence electrons. The van der Waals surface area contributed by atoms with Gasteiger partial charge in [0.2, 0.25) is 0 Å². The van der Waals surface area contributed by atoms with Crippen LogP contribution < -0.4 is 15.4 Å². The summed E-state index contributed by atoms with van der Waals surface area (Å²) < 4.78 is 45.8. The van der Waals surface area contributed by atoms with E-state index in [9.17, 15) is 22.8 Å². The first-order chi connectivity index (χ1) is 12.7. The number of amides is 2. The van der Waals surface area contributed by atoms with Gasteiger partial charge in [-0.3, -0.25) is 9.59 Å². The molecule has 0 aliphatic rings. The number of carbonyl (C=O) groups is 2. The molecule has 11 heteroatoms. The molecular formula is C16H14ClF3N2O4S. The zero-order chi connectivity index (χ0) is 20.0. The molecule has 0 bridgehead atoms. The number of halogens is 4. The SMILES string of the molecule is COC(CNC(=O)C(=O)Nc1ccc(OC(F)(F)F)cc1)c1ccc(Cl)s1. The number of alkyl halides is 3. The average molecular weight is 423 g/mol. The number of hydrogen-bond donors (Lipinski definition) is 2. The van der Waals surface area contributed by atoms with Crippen LogP contribution >= 0.6 is 22.9 Å². The van der Waals surface area contributed by atoms with E-state index < -0.39 is 30.0 Å². The number of carbonyl (C=O) groups excluding carboxylic acids is 2. The third-order valence-corrected chi connectivity index (χ3v) is 4.52. The van der Waals surface area contributed by atoms with Crippen molar-refractivity contribution in [3.8, 4) is 5.75 Å². The fraction of sp³-hybridized carbons (Fsp3) is 0.250. The number of hydrogen-bond acceptors (Lipinski definition) is 5. The third kappa shape index (κ3) is 6.74. The van der Waals surface area contributed by atoms with E-state index in [0.29, 0.717) is 4.34 Å². The van der Waals surface area contributed by atoms with Crippen molar-refractivity contribution in [2.24, 2.45) is 0 Å². The molecule has 0 spiro atoms. The molecule has 0 fully saturated rings. The first-order valence-corrected chi connectivity index (χ1v) is 8.60. The lowest BCUT2D eigenvalue weighted by Gasteiger charge is -2.14. The van der Waals surface area contributed by atoms with Crippen LogP contribution in [0.3, 0.4) is 0 Å². The summed E-state index contributed by atoms with van der Waals surface area (Å²) >= 11 is 7.14. The quantitative estimate of drug-likeness (QED) is 0.695. The van der Waals surface area contributed by atoms with Gasteiger partial charge in [0, 0.05) is 24.2 Å². The summed E-state index contributed by atoms with van der Waals surface area (Å²) in [5.74, 6) is -2.34. The van der Waals surface area contributed by atoms with Gasteiger partial charge in [-0.2, -0.15) is 0 Å². The molecule has 1 aromatic heterocycles. The lowest BCUT2D eigenvalue weighted by molar-refractivity contribution is -0.274. The summed E-state index contributed by atoms with van der Waals surface area (Å²) in [7, 11) is 1.45. The first kappa shape index (κ1) is 21.0. The molecule has 1 heterocycles. The molecule has 2 amide bonds. The standard InChI is InChI=1S/C16H14ClF3N2O4S/c1-25-11(12-6-7-13(17)27-12)8-21-14(23)15(24)22-9-2-4-10(5-3-9)26-16(18,19)20/h2-7,11H,8H2,1H3,(H,21,23)(H,22,24). The van der Waals surface area contributed by atoms with Crippen LogP contribution in [0.15, 0.2) is 36.4 Å². The zero-order valence-electron chi connectivity index (χ0n) is 13.8. The van der Waals surface area contributed by atoms with Crippen molar-refractivity contribution in [2.75, 3.05) is 19.0 Å². The fourth-order valence-corrected chi connectivity index (χ4v) is 3.13. The molecule has 27 heavy (non-hydrogen) atoms. The molecule has 0 saturated carbocycles. The Kier molecular flexibility index (Phi) is 7.05. The van der Waals surface area contributed by atoms with Crippen molar-refractivity contribution in [3.63, 3.8) is 0 Å². The Hall–Kier alpha value is -2.30. The van der Waals surface area contributed by atoms with Crippen molar-refractivity contribution in [3.05, 3.63) is 45.6 Å². The fourth-order valence-electron chi connectivity index (χ4n) is 1.99. The number of nitrogens with one attached hydrogen (secondary N) is 2. The molecule has 0 aliphatic heterocycles. The van der Waals surface area contributed by atoms with Crippen molar-refractivity contribution in [1.82, 2.24) is 5.32 Å². The molecule has 0 saturated heterocycles. The van der Waals surface area contributed by atoms with Gasteiger partial charge in [0.1, 0.15) is 11.9 Å². The molecule has 1 unspecified atom stereocenters. The highest BCUT2D eigenvalue weighted by atomic mass is 35.5. The lowest BCUT2D eigenvalue weighted by atomic mass is 10.3. The molecular weight excluding hydrogens is 409 g/mol. The predicted molar refractivity (Wildman–Crippen MR) is 93.8 cm³/mol. The zero-order valence-corrected chi connectivity index (χ0v) is 15.4. The van der Waals surface area contributed by atoms with Gasteiger partial charge in [0.25, 0.3) is 0 Å². The number of benzene rings is 1. The molecule has 0 aliphatic carbocycles. The maximum atomic E-state index is 12.1. The monoisotopic (exact) mass is 422 g/mol. The molecule has 2 rings (SSSR count). The van der Waals surface area contributed by atoms with Gasteiger partial charge in [-0.15, -0.1) is 24.5 Å². The summed E-state index contributed by atoms with van der Waals surface area (Å²) in [4.78, 5) is 24.5. The van der Waals surface area contributed by atoms with Gasteiger partial charge in [0.05, 0.1) is 4.34 Å².